The van der Waals surface area contributed by atoms with Crippen LogP contribution in [0, 0.1) is 16.7 Å². The summed E-state index contributed by atoms with van der Waals surface area (Å²) in [6.07, 6.45) is 6.61. The number of carbonyl (C=O) groups is 6. The van der Waals surface area contributed by atoms with Gasteiger partial charge in [-0.2, -0.15) is 0 Å². The number of hydrogen-bond acceptors (Lipinski definition) is 17. The van der Waals surface area contributed by atoms with E-state index in [1.165, 1.54) is 26.0 Å². The topological polar surface area (TPSA) is 238 Å². The predicted molar refractivity (Wildman–Crippen MR) is 340 cm³/mol. The van der Waals surface area contributed by atoms with Crippen LogP contribution in [-0.4, -0.2) is 129 Å². The van der Waals surface area contributed by atoms with Gasteiger partial charge in [-0.3, -0.25) is 19.2 Å². The van der Waals surface area contributed by atoms with E-state index in [4.69, 9.17) is 41.4 Å². The van der Waals surface area contributed by atoms with Crippen LogP contribution >= 0.6 is 0 Å². The molecule has 0 aromatic heterocycles. The minimum Gasteiger partial charge on any atom is -0.456 e. The van der Waals surface area contributed by atoms with Crippen LogP contribution in [0.5, 0.6) is 0 Å². The Morgan fingerprint density at radius 2 is 1.14 bits per heavy atom. The summed E-state index contributed by atoms with van der Waals surface area (Å²) in [6.45, 7) is 15.3. The number of esters is 4. The van der Waals surface area contributed by atoms with Crippen LogP contribution in [0.25, 0.3) is 0 Å². The van der Waals surface area contributed by atoms with Gasteiger partial charge < -0.3 is 56.9 Å². The van der Waals surface area contributed by atoms with Crippen molar-refractivity contribution < 1.29 is 80.4 Å². The third-order valence-electron chi connectivity index (χ3n) is 19.1. The van der Waals surface area contributed by atoms with Crippen LogP contribution < -0.4 is 5.32 Å². The molecule has 11 atom stereocenters. The van der Waals surface area contributed by atoms with Crippen molar-refractivity contribution in [2.75, 3.05) is 26.4 Å². The fraction of sp³-hybridized carbons (Fsp3) is 0.634. The van der Waals surface area contributed by atoms with Crippen molar-refractivity contribution in [3.8, 4) is 0 Å². The van der Waals surface area contributed by atoms with Gasteiger partial charge in [0.15, 0.2) is 23.6 Å². The highest BCUT2D eigenvalue weighted by molar-refractivity contribution is 6.53. The highest BCUT2D eigenvalue weighted by Crippen LogP contribution is 2.64. The molecule has 3 fully saturated rings. The molecule has 18 nitrogen and oxygen atoms in total. The van der Waals surface area contributed by atoms with Crippen molar-refractivity contribution in [3.63, 3.8) is 0 Å². The number of aliphatic hydroxyl groups excluding tert-OH is 1. The molecule has 2 saturated carbocycles. The zero-order valence-electron chi connectivity index (χ0n) is 54.8. The number of fused-ring (bicyclic) bond motifs is 5. The number of aliphatic hydroxyl groups is 2. The molecule has 19 heteroatoms. The Balaban J connectivity index is 1.43. The first-order valence-electron chi connectivity index (χ1n) is 33.3. The standard InChI is InChI=1S/C71H101NO17Si/c1-10-13-16-19-22-34-43-82-90(83-44-35-23-20-17-14-11-2,84-45-36-24-21-18-15-12-3)89-61(59(52-37-28-25-29-38-52)72-65(77)53-39-30-26-31-40-53)67(79)86-55-47-71(80)64(87-66(78)54-41-32-27-33-42-54)62-69(9,56(75)46-57-70(62,48-81-57)88-51(6)74)63(76)60(85-50(5)73)58(49(55)4)68(71,7)8/h25-33,37-42,55-57,59-62,64,75,80H,10-24,34-36,43-48H2,1-9H3,(H,72,77)/t55-,56-,57+,59-,60+,61+,62-,64-,69+,70-,71+/m0/s1. The summed E-state index contributed by atoms with van der Waals surface area (Å²) in [5, 5.41) is 30.0. The first-order chi connectivity index (χ1) is 43.1. The van der Waals surface area contributed by atoms with Gasteiger partial charge in [0, 0.05) is 57.5 Å². The third kappa shape index (κ3) is 16.8. The molecule has 3 N–H and O–H groups in total. The van der Waals surface area contributed by atoms with E-state index in [-0.39, 0.29) is 55.1 Å². The van der Waals surface area contributed by atoms with Crippen molar-refractivity contribution >= 4 is 44.6 Å². The van der Waals surface area contributed by atoms with Gasteiger partial charge in [-0.15, -0.1) is 0 Å². The average molecular weight is 1270 g/mol. The maximum absolute atomic E-state index is 16.4. The lowest BCUT2D eigenvalue weighted by molar-refractivity contribution is -0.346. The molecule has 3 aliphatic carbocycles. The molecule has 3 aromatic rings. The number of amides is 1. The number of ether oxygens (including phenoxy) is 5. The minimum atomic E-state index is -4.55. The van der Waals surface area contributed by atoms with Gasteiger partial charge >= 0.3 is 32.9 Å². The maximum atomic E-state index is 16.4. The van der Waals surface area contributed by atoms with Crippen molar-refractivity contribution in [3.05, 3.63) is 119 Å². The van der Waals surface area contributed by atoms with Gasteiger partial charge in [-0.25, -0.2) is 9.59 Å². The molecule has 90 heavy (non-hydrogen) atoms. The lowest BCUT2D eigenvalue weighted by atomic mass is 9.44. The fourth-order valence-electron chi connectivity index (χ4n) is 13.9. The van der Waals surface area contributed by atoms with E-state index in [0.29, 0.717) is 24.8 Å². The zero-order valence-corrected chi connectivity index (χ0v) is 55.8. The normalized spacial score (nSPS) is 25.9. The van der Waals surface area contributed by atoms with E-state index < -0.39 is 122 Å². The predicted octanol–water partition coefficient (Wildman–Crippen LogP) is 12.3. The molecule has 1 saturated heterocycles. The Labute approximate surface area is 534 Å². The highest BCUT2D eigenvalue weighted by Gasteiger charge is 2.78. The third-order valence-corrected chi connectivity index (χ3v) is 21.3. The molecule has 0 spiro atoms. The zero-order chi connectivity index (χ0) is 65.1. The smallest absolute Gasteiger partial charge is 0.456 e. The van der Waals surface area contributed by atoms with Crippen LogP contribution in [0.4, 0.5) is 0 Å². The van der Waals surface area contributed by atoms with Gasteiger partial charge in [0.1, 0.15) is 23.9 Å². The number of nitrogens with one attached hydrogen (secondary N) is 1. The van der Waals surface area contributed by atoms with Gasteiger partial charge in [0.2, 0.25) is 0 Å². The second-order valence-electron chi connectivity index (χ2n) is 25.8. The quantitative estimate of drug-likeness (QED) is 0.0161. The Morgan fingerprint density at radius 3 is 1.62 bits per heavy atom. The molecule has 2 bridgehead atoms. The molecule has 3 aromatic carbocycles. The Bertz CT molecular complexity index is 2810. The lowest BCUT2D eigenvalue weighted by Crippen LogP contribution is -2.82. The van der Waals surface area contributed by atoms with Gasteiger partial charge in [-0.05, 0) is 74.1 Å². The van der Waals surface area contributed by atoms with Crippen LogP contribution in [0.2, 0.25) is 0 Å². The molecule has 1 amide bonds. The first kappa shape index (κ1) is 71.8. The van der Waals surface area contributed by atoms with Gasteiger partial charge in [0.25, 0.3) is 5.91 Å². The Morgan fingerprint density at radius 1 is 0.656 bits per heavy atom. The van der Waals surface area contributed by atoms with E-state index in [2.05, 4.69) is 26.1 Å². The highest BCUT2D eigenvalue weighted by atomic mass is 28.4. The summed E-state index contributed by atoms with van der Waals surface area (Å²) in [4.78, 5) is 89.1. The number of ketones is 1. The number of hydrogen-bond donors (Lipinski definition) is 3. The lowest BCUT2D eigenvalue weighted by Gasteiger charge is -2.67. The summed E-state index contributed by atoms with van der Waals surface area (Å²) in [7, 11) is -4.55. The van der Waals surface area contributed by atoms with E-state index in [1.807, 2.05) is 0 Å². The summed E-state index contributed by atoms with van der Waals surface area (Å²) in [5.74, 6) is -6.65. The van der Waals surface area contributed by atoms with Crippen molar-refractivity contribution in [2.45, 2.75) is 245 Å². The second kappa shape index (κ2) is 33.3. The first-order valence-corrected chi connectivity index (χ1v) is 34.9. The monoisotopic (exact) mass is 1270 g/mol. The largest absolute Gasteiger partial charge is 0.680 e. The maximum Gasteiger partial charge on any atom is 0.680 e. The van der Waals surface area contributed by atoms with Crippen LogP contribution in [-0.2, 0) is 60.6 Å². The number of unbranched alkanes of at least 4 members (excludes halogenated alkanes) is 15. The average Bonchev–Trinajstić information content (AvgIpc) is 0.672. The molecule has 1 aliphatic heterocycles. The molecule has 0 radical (unpaired) electrons. The summed E-state index contributed by atoms with van der Waals surface area (Å²) in [5.41, 5.74) is -7.08. The number of benzene rings is 3. The van der Waals surface area contributed by atoms with Crippen LogP contribution in [0.3, 0.4) is 0 Å². The molecule has 496 valence electrons. The molecule has 7 rings (SSSR count). The second-order valence-corrected chi connectivity index (χ2v) is 27.9. The van der Waals surface area contributed by atoms with E-state index in [1.54, 1.807) is 99.6 Å². The van der Waals surface area contributed by atoms with Crippen molar-refractivity contribution in [2.24, 2.45) is 16.7 Å². The molecular formula is C71H101NO17Si. The Kier molecular flexibility index (Phi) is 26.5. The van der Waals surface area contributed by atoms with E-state index in [9.17, 15) is 29.4 Å². The van der Waals surface area contributed by atoms with Gasteiger partial charge in [-0.1, -0.05) is 198 Å². The molecular weight excluding hydrogens is 1170 g/mol. The van der Waals surface area contributed by atoms with Crippen molar-refractivity contribution in [1.82, 2.24) is 5.32 Å². The molecule has 1 heterocycles. The SMILES string of the molecule is CCCCCCCCO[Si](OCCCCCCCC)(OCCCCCCCC)O[C@@H](C(=O)O[C@H]1C[C@@]2(O)[C@@H](OC(=O)c3ccccc3)[C@@H]3[C@]4(OC(C)=O)CO[C@@H]4C[C@H](O)[C@@]3(C)C(=O)[C@H](OC(C)=O)C(=C1C)C2(C)C)[C@@H](NC(=O)c1ccccc1)c1ccccc1. The van der Waals surface area contributed by atoms with Crippen molar-refractivity contribution in [1.29, 1.82) is 0 Å². The van der Waals surface area contributed by atoms with Crippen LogP contribution in [0.1, 0.15) is 223 Å². The summed E-state index contributed by atoms with van der Waals surface area (Å²) in [6, 6.07) is 24.0. The van der Waals surface area contributed by atoms with Crippen LogP contribution in [0.15, 0.2) is 102 Å². The Hall–Kier alpha value is -5.64. The molecule has 4 aliphatic rings. The summed E-state index contributed by atoms with van der Waals surface area (Å²) >= 11 is 0. The number of rotatable bonds is 36. The number of carbonyl (C=O) groups excluding carboxylic acids is 6. The molecule has 0 unspecified atom stereocenters. The van der Waals surface area contributed by atoms with E-state index in [0.717, 1.165) is 103 Å². The van der Waals surface area contributed by atoms with E-state index >= 15 is 9.59 Å². The fourth-order valence-corrected chi connectivity index (χ4v) is 16.1. The number of Topliss-reactive ketones (excluding diaryl/α,β-unsaturated/α-hetero) is 1. The summed E-state index contributed by atoms with van der Waals surface area (Å²) < 4.78 is 60.0. The van der Waals surface area contributed by atoms with Gasteiger partial charge in [0.05, 0.1) is 35.6 Å². The minimum absolute atomic E-state index is 0.0143.